The Morgan fingerprint density at radius 3 is 2.80 bits per heavy atom. The molecule has 1 rings (SSSR count). The molecule has 2 unspecified atom stereocenters. The molecule has 1 N–H and O–H groups in total. The zero-order chi connectivity index (χ0) is 11.3. The molecule has 0 radical (unpaired) electrons. The third-order valence-electron chi connectivity index (χ3n) is 2.80. The van der Waals surface area contributed by atoms with Gasteiger partial charge in [0, 0.05) is 6.42 Å². The second kappa shape index (κ2) is 6.00. The van der Waals surface area contributed by atoms with Crippen LogP contribution in [-0.4, -0.2) is 23.8 Å². The van der Waals surface area contributed by atoms with E-state index in [1.54, 1.807) is 0 Å². The van der Waals surface area contributed by atoms with Crippen molar-refractivity contribution in [3.8, 4) is 0 Å². The number of carboxylic acids is 1. The summed E-state index contributed by atoms with van der Waals surface area (Å²) in [6.07, 6.45) is 3.30. The fourth-order valence-corrected chi connectivity index (χ4v) is 2.10. The van der Waals surface area contributed by atoms with Gasteiger partial charge in [-0.1, -0.05) is 12.8 Å². The van der Waals surface area contributed by atoms with Crippen LogP contribution in [0.5, 0.6) is 0 Å². The Bertz CT molecular complexity index is 209. The highest BCUT2D eigenvalue weighted by Gasteiger charge is 2.25. The molecule has 2 atom stereocenters. The van der Waals surface area contributed by atoms with Gasteiger partial charge in [-0.05, 0) is 25.2 Å². The van der Waals surface area contributed by atoms with E-state index in [0.717, 1.165) is 12.8 Å². The first-order valence-corrected chi connectivity index (χ1v) is 5.23. The van der Waals surface area contributed by atoms with E-state index >= 15 is 0 Å². The van der Waals surface area contributed by atoms with Gasteiger partial charge < -0.3 is 9.84 Å². The van der Waals surface area contributed by atoms with Crippen LogP contribution in [0.25, 0.3) is 0 Å². The summed E-state index contributed by atoms with van der Waals surface area (Å²) < 4.78 is 28.3. The van der Waals surface area contributed by atoms with Crippen molar-refractivity contribution in [1.29, 1.82) is 0 Å². The number of rotatable bonds is 5. The summed E-state index contributed by atoms with van der Waals surface area (Å²) in [5.41, 5.74) is 0. The predicted molar refractivity (Wildman–Crippen MR) is 49.7 cm³/mol. The van der Waals surface area contributed by atoms with Crippen LogP contribution in [0.4, 0.5) is 8.78 Å². The van der Waals surface area contributed by atoms with Crippen molar-refractivity contribution in [3.05, 3.63) is 0 Å². The third-order valence-corrected chi connectivity index (χ3v) is 2.80. The van der Waals surface area contributed by atoms with Crippen LogP contribution in [0.2, 0.25) is 0 Å². The number of ether oxygens (including phenoxy) is 1. The van der Waals surface area contributed by atoms with E-state index in [-0.39, 0.29) is 12.3 Å². The van der Waals surface area contributed by atoms with Crippen molar-refractivity contribution in [3.63, 3.8) is 0 Å². The van der Waals surface area contributed by atoms with E-state index in [4.69, 9.17) is 5.11 Å². The fourth-order valence-electron chi connectivity index (χ4n) is 2.10. The summed E-state index contributed by atoms with van der Waals surface area (Å²) in [6.45, 7) is -2.71. The van der Waals surface area contributed by atoms with Crippen molar-refractivity contribution in [2.45, 2.75) is 51.2 Å². The fraction of sp³-hybridized carbons (Fsp3) is 0.900. The van der Waals surface area contributed by atoms with Crippen molar-refractivity contribution < 1.29 is 23.4 Å². The van der Waals surface area contributed by atoms with E-state index in [2.05, 4.69) is 4.74 Å². The minimum absolute atomic E-state index is 0.117. The number of carboxylic acid groups (broad SMARTS) is 1. The molecule has 5 heteroatoms. The molecule has 0 saturated heterocycles. The van der Waals surface area contributed by atoms with E-state index in [1.807, 2.05) is 0 Å². The summed E-state index contributed by atoms with van der Waals surface area (Å²) in [5, 5.41) is 8.50. The zero-order valence-electron chi connectivity index (χ0n) is 8.49. The number of hydrogen-bond acceptors (Lipinski definition) is 2. The normalized spacial score (nSPS) is 26.9. The van der Waals surface area contributed by atoms with Gasteiger partial charge in [-0.15, -0.1) is 0 Å². The summed E-state index contributed by atoms with van der Waals surface area (Å²) in [4.78, 5) is 10.4. The van der Waals surface area contributed by atoms with Crippen LogP contribution in [0.3, 0.4) is 0 Å². The zero-order valence-corrected chi connectivity index (χ0v) is 8.49. The molecule has 1 aliphatic rings. The maximum atomic E-state index is 11.9. The van der Waals surface area contributed by atoms with Crippen molar-refractivity contribution in [1.82, 2.24) is 0 Å². The Morgan fingerprint density at radius 2 is 2.20 bits per heavy atom. The SMILES string of the molecule is O=C(O)CCC1CCCC(OC(F)F)C1. The number of aliphatic carboxylic acids is 1. The van der Waals surface area contributed by atoms with Gasteiger partial charge in [0.25, 0.3) is 0 Å². The Balaban J connectivity index is 2.25. The molecular formula is C10H16F2O3. The highest BCUT2D eigenvalue weighted by molar-refractivity contribution is 5.66. The van der Waals surface area contributed by atoms with Crippen molar-refractivity contribution in [2.75, 3.05) is 0 Å². The average molecular weight is 222 g/mol. The first kappa shape index (κ1) is 12.4. The third kappa shape index (κ3) is 5.06. The Labute approximate surface area is 87.4 Å². The summed E-state index contributed by atoms with van der Waals surface area (Å²) in [5.74, 6) is -0.606. The molecule has 88 valence electrons. The first-order chi connectivity index (χ1) is 7.08. The topological polar surface area (TPSA) is 46.5 Å². The van der Waals surface area contributed by atoms with Gasteiger partial charge in [-0.3, -0.25) is 4.79 Å². The molecule has 15 heavy (non-hydrogen) atoms. The largest absolute Gasteiger partial charge is 0.481 e. The summed E-state index contributed by atoms with van der Waals surface area (Å²) in [7, 11) is 0. The smallest absolute Gasteiger partial charge is 0.345 e. The van der Waals surface area contributed by atoms with E-state index in [1.165, 1.54) is 0 Å². The summed E-state index contributed by atoms with van der Waals surface area (Å²) in [6, 6.07) is 0. The second-order valence-corrected chi connectivity index (χ2v) is 3.98. The molecule has 1 aliphatic carbocycles. The monoisotopic (exact) mass is 222 g/mol. The van der Waals surface area contributed by atoms with Crippen LogP contribution in [0.15, 0.2) is 0 Å². The van der Waals surface area contributed by atoms with Gasteiger partial charge in [-0.2, -0.15) is 8.78 Å². The van der Waals surface area contributed by atoms with Crippen LogP contribution in [0, 0.1) is 5.92 Å². The predicted octanol–water partition coefficient (Wildman–Crippen LogP) is 2.65. The van der Waals surface area contributed by atoms with Gasteiger partial charge in [0.15, 0.2) is 0 Å². The number of hydrogen-bond donors (Lipinski definition) is 1. The Morgan fingerprint density at radius 1 is 1.47 bits per heavy atom. The van der Waals surface area contributed by atoms with Crippen LogP contribution < -0.4 is 0 Å². The number of carbonyl (C=O) groups is 1. The molecule has 0 bridgehead atoms. The lowest BCUT2D eigenvalue weighted by Gasteiger charge is -2.28. The molecule has 0 aromatic heterocycles. The maximum absolute atomic E-state index is 11.9. The van der Waals surface area contributed by atoms with Gasteiger partial charge in [0.2, 0.25) is 0 Å². The van der Waals surface area contributed by atoms with Gasteiger partial charge >= 0.3 is 12.6 Å². The minimum Gasteiger partial charge on any atom is -0.481 e. The van der Waals surface area contributed by atoms with E-state index in [0.29, 0.717) is 19.3 Å². The lowest BCUT2D eigenvalue weighted by atomic mass is 9.84. The maximum Gasteiger partial charge on any atom is 0.345 e. The van der Waals surface area contributed by atoms with E-state index in [9.17, 15) is 13.6 Å². The lowest BCUT2D eigenvalue weighted by molar-refractivity contribution is -0.173. The molecule has 0 spiro atoms. The van der Waals surface area contributed by atoms with Crippen LogP contribution in [0.1, 0.15) is 38.5 Å². The minimum atomic E-state index is -2.71. The Hall–Kier alpha value is -0.710. The molecule has 3 nitrogen and oxygen atoms in total. The molecule has 0 aliphatic heterocycles. The Kier molecular flexibility index (Phi) is 4.94. The van der Waals surface area contributed by atoms with Gasteiger partial charge in [-0.25, -0.2) is 0 Å². The molecule has 0 aromatic rings. The standard InChI is InChI=1S/C10H16F2O3/c11-10(12)15-8-3-1-2-7(6-8)4-5-9(13)14/h7-8,10H,1-6H2,(H,13,14). The average Bonchev–Trinajstić information content (AvgIpc) is 2.14. The molecule has 0 heterocycles. The lowest BCUT2D eigenvalue weighted by Crippen LogP contribution is -2.25. The number of alkyl halides is 2. The van der Waals surface area contributed by atoms with Crippen molar-refractivity contribution in [2.24, 2.45) is 5.92 Å². The number of halogens is 2. The highest BCUT2D eigenvalue weighted by atomic mass is 19.3. The quantitative estimate of drug-likeness (QED) is 0.777. The highest BCUT2D eigenvalue weighted by Crippen LogP contribution is 2.30. The first-order valence-electron chi connectivity index (χ1n) is 5.23. The van der Waals surface area contributed by atoms with Crippen molar-refractivity contribution >= 4 is 5.97 Å². The van der Waals surface area contributed by atoms with Gasteiger partial charge in [0.05, 0.1) is 6.10 Å². The van der Waals surface area contributed by atoms with E-state index < -0.39 is 18.7 Å². The summed E-state index contributed by atoms with van der Waals surface area (Å²) >= 11 is 0. The van der Waals surface area contributed by atoms with Gasteiger partial charge in [0.1, 0.15) is 0 Å². The second-order valence-electron chi connectivity index (χ2n) is 3.98. The molecule has 1 saturated carbocycles. The van der Waals surface area contributed by atoms with Crippen LogP contribution in [-0.2, 0) is 9.53 Å². The molecule has 1 fully saturated rings. The van der Waals surface area contributed by atoms with Crippen LogP contribution >= 0.6 is 0 Å². The molecule has 0 amide bonds. The molecule has 0 aromatic carbocycles. The molecular weight excluding hydrogens is 206 g/mol.